The van der Waals surface area contributed by atoms with Crippen molar-refractivity contribution in [3.05, 3.63) is 88.2 Å². The lowest BCUT2D eigenvalue weighted by atomic mass is 9.95. The van der Waals surface area contributed by atoms with Crippen molar-refractivity contribution in [1.82, 2.24) is 4.98 Å². The molecule has 0 radical (unpaired) electrons. The molecule has 1 amide bonds. The van der Waals surface area contributed by atoms with E-state index < -0.39 is 17.7 Å². The van der Waals surface area contributed by atoms with Crippen LogP contribution in [0.4, 0.5) is 5.69 Å². The number of aliphatic hydroxyl groups is 1. The number of aromatic nitrogens is 1. The Hall–Kier alpha value is -3.65. The van der Waals surface area contributed by atoms with Gasteiger partial charge in [-0.1, -0.05) is 34.1 Å². The molecule has 0 aliphatic carbocycles. The summed E-state index contributed by atoms with van der Waals surface area (Å²) in [5, 5.41) is 11.1. The van der Waals surface area contributed by atoms with Gasteiger partial charge in [0.25, 0.3) is 11.7 Å². The highest BCUT2D eigenvalue weighted by atomic mass is 79.9. The highest BCUT2D eigenvalue weighted by molar-refractivity contribution is 9.10. The molecule has 3 aromatic rings. The Morgan fingerprint density at radius 1 is 1.06 bits per heavy atom. The van der Waals surface area contributed by atoms with Gasteiger partial charge in [0.05, 0.1) is 23.5 Å². The molecular weight excluding hydrogens is 464 g/mol. The van der Waals surface area contributed by atoms with Gasteiger partial charge in [-0.05, 0) is 42.0 Å². The number of ketones is 1. The Morgan fingerprint density at radius 2 is 1.84 bits per heavy atom. The SMILES string of the molecule is O=C1C(=O)N(c2cccnc2)C(c2ccc3c(c2)OCO3)/C1=C(\O)c1ccc(Br)cc1. The van der Waals surface area contributed by atoms with Crippen LogP contribution in [0.3, 0.4) is 0 Å². The smallest absolute Gasteiger partial charge is 0.300 e. The first-order chi connectivity index (χ1) is 15.0. The van der Waals surface area contributed by atoms with Crippen LogP contribution >= 0.6 is 15.9 Å². The van der Waals surface area contributed by atoms with Crippen molar-refractivity contribution in [3.8, 4) is 11.5 Å². The van der Waals surface area contributed by atoms with E-state index in [1.54, 1.807) is 60.8 Å². The number of fused-ring (bicyclic) bond motifs is 1. The zero-order valence-corrected chi connectivity index (χ0v) is 17.6. The molecule has 2 aliphatic heterocycles. The Kier molecular flexibility index (Phi) is 4.71. The molecule has 2 aromatic carbocycles. The average molecular weight is 479 g/mol. The number of carbonyl (C=O) groups excluding carboxylic acids is 2. The topological polar surface area (TPSA) is 89.0 Å². The predicted molar refractivity (Wildman–Crippen MR) is 116 cm³/mol. The van der Waals surface area contributed by atoms with Gasteiger partial charge in [-0.15, -0.1) is 0 Å². The van der Waals surface area contributed by atoms with E-state index in [1.807, 2.05) is 0 Å². The summed E-state index contributed by atoms with van der Waals surface area (Å²) in [6.45, 7) is 0.0977. The van der Waals surface area contributed by atoms with E-state index in [9.17, 15) is 14.7 Å². The summed E-state index contributed by atoms with van der Waals surface area (Å²) in [6.07, 6.45) is 3.09. The molecular formula is C23H15BrN2O5. The van der Waals surface area contributed by atoms with Crippen LogP contribution in [-0.4, -0.2) is 28.6 Å². The molecule has 0 bridgehead atoms. The van der Waals surface area contributed by atoms with Crippen LogP contribution in [0, 0.1) is 0 Å². The number of hydrogen-bond acceptors (Lipinski definition) is 6. The molecule has 31 heavy (non-hydrogen) atoms. The second kappa shape index (κ2) is 7.55. The zero-order valence-electron chi connectivity index (χ0n) is 16.0. The van der Waals surface area contributed by atoms with E-state index >= 15 is 0 Å². The summed E-state index contributed by atoms with van der Waals surface area (Å²) >= 11 is 3.36. The van der Waals surface area contributed by atoms with Gasteiger partial charge in [-0.2, -0.15) is 0 Å². The van der Waals surface area contributed by atoms with Crippen LogP contribution in [0.5, 0.6) is 11.5 Å². The molecule has 1 atom stereocenters. The number of benzene rings is 2. The number of Topliss-reactive ketones (excluding diaryl/α,β-unsaturated/α-hetero) is 1. The van der Waals surface area contributed by atoms with Gasteiger partial charge in [0.1, 0.15) is 5.76 Å². The third kappa shape index (κ3) is 3.25. The molecule has 5 rings (SSSR count). The van der Waals surface area contributed by atoms with Crippen molar-refractivity contribution in [2.24, 2.45) is 0 Å². The molecule has 1 aromatic heterocycles. The molecule has 1 N–H and O–H groups in total. The Morgan fingerprint density at radius 3 is 2.58 bits per heavy atom. The van der Waals surface area contributed by atoms with Crippen LogP contribution in [0.2, 0.25) is 0 Å². The number of pyridine rings is 1. The van der Waals surface area contributed by atoms with E-state index in [0.717, 1.165) is 4.47 Å². The second-order valence-electron chi connectivity index (χ2n) is 7.00. The van der Waals surface area contributed by atoms with E-state index in [0.29, 0.717) is 28.3 Å². The number of amides is 1. The Bertz CT molecular complexity index is 1220. The van der Waals surface area contributed by atoms with Crippen LogP contribution in [0.25, 0.3) is 5.76 Å². The summed E-state index contributed by atoms with van der Waals surface area (Å²) in [5.74, 6) is -0.672. The lowest BCUT2D eigenvalue weighted by Gasteiger charge is -2.25. The molecule has 7 nitrogen and oxygen atoms in total. The van der Waals surface area contributed by atoms with E-state index in [-0.39, 0.29) is 18.1 Å². The number of anilines is 1. The van der Waals surface area contributed by atoms with Crippen molar-refractivity contribution in [1.29, 1.82) is 0 Å². The minimum atomic E-state index is -0.859. The first-order valence-corrected chi connectivity index (χ1v) is 10.2. The van der Waals surface area contributed by atoms with Crippen LogP contribution < -0.4 is 14.4 Å². The Balaban J connectivity index is 1.72. The molecule has 1 saturated heterocycles. The summed E-state index contributed by atoms with van der Waals surface area (Å²) in [6, 6.07) is 14.6. The van der Waals surface area contributed by atoms with Crippen molar-refractivity contribution in [2.45, 2.75) is 6.04 Å². The van der Waals surface area contributed by atoms with Crippen molar-refractivity contribution >= 4 is 39.1 Å². The standard InChI is InChI=1S/C23H15BrN2O5/c24-15-6-3-13(4-7-15)21(27)19-20(14-5-8-17-18(10-14)31-12-30-17)26(23(29)22(19)28)16-2-1-9-25-11-16/h1-11,20,27H,12H2/b21-19+. The van der Waals surface area contributed by atoms with E-state index in [2.05, 4.69) is 20.9 Å². The summed E-state index contributed by atoms with van der Waals surface area (Å²) in [4.78, 5) is 31.6. The van der Waals surface area contributed by atoms with E-state index in [1.165, 1.54) is 11.1 Å². The van der Waals surface area contributed by atoms with Gasteiger partial charge in [0, 0.05) is 16.2 Å². The van der Waals surface area contributed by atoms with Gasteiger partial charge >= 0.3 is 0 Å². The van der Waals surface area contributed by atoms with Gasteiger partial charge in [-0.25, -0.2) is 0 Å². The molecule has 154 valence electrons. The van der Waals surface area contributed by atoms with Crippen molar-refractivity contribution in [3.63, 3.8) is 0 Å². The van der Waals surface area contributed by atoms with Crippen molar-refractivity contribution < 1.29 is 24.2 Å². The molecule has 0 spiro atoms. The third-order valence-electron chi connectivity index (χ3n) is 5.20. The maximum Gasteiger partial charge on any atom is 0.300 e. The highest BCUT2D eigenvalue weighted by Crippen LogP contribution is 2.44. The summed E-state index contributed by atoms with van der Waals surface area (Å²) in [7, 11) is 0. The number of nitrogens with zero attached hydrogens (tertiary/aromatic N) is 2. The monoisotopic (exact) mass is 478 g/mol. The zero-order chi connectivity index (χ0) is 21.5. The molecule has 0 saturated carbocycles. The third-order valence-corrected chi connectivity index (χ3v) is 5.73. The van der Waals surface area contributed by atoms with E-state index in [4.69, 9.17) is 9.47 Å². The van der Waals surface area contributed by atoms with Gasteiger partial charge in [0.2, 0.25) is 6.79 Å². The molecule has 1 unspecified atom stereocenters. The highest BCUT2D eigenvalue weighted by Gasteiger charge is 2.47. The van der Waals surface area contributed by atoms with Gasteiger partial charge < -0.3 is 14.6 Å². The Labute approximate surface area is 185 Å². The largest absolute Gasteiger partial charge is 0.507 e. The van der Waals surface area contributed by atoms with Gasteiger partial charge in [0.15, 0.2) is 11.5 Å². The lowest BCUT2D eigenvalue weighted by Crippen LogP contribution is -2.29. The first-order valence-electron chi connectivity index (χ1n) is 9.41. The number of hydrogen-bond donors (Lipinski definition) is 1. The molecule has 2 aliphatic rings. The number of aliphatic hydroxyl groups excluding tert-OH is 1. The predicted octanol–water partition coefficient (Wildman–Crippen LogP) is 4.20. The fourth-order valence-corrected chi connectivity index (χ4v) is 4.02. The number of halogens is 1. The number of rotatable bonds is 3. The minimum absolute atomic E-state index is 0.00459. The maximum atomic E-state index is 13.1. The van der Waals surface area contributed by atoms with Crippen LogP contribution in [0.1, 0.15) is 17.2 Å². The fraction of sp³-hybridized carbons (Fsp3) is 0.0870. The average Bonchev–Trinajstić information content (AvgIpc) is 3.36. The normalized spacial score (nSPS) is 19.1. The second-order valence-corrected chi connectivity index (χ2v) is 7.92. The lowest BCUT2D eigenvalue weighted by molar-refractivity contribution is -0.132. The maximum absolute atomic E-state index is 13.1. The number of ether oxygens (including phenoxy) is 2. The van der Waals surface area contributed by atoms with Crippen LogP contribution in [-0.2, 0) is 9.59 Å². The summed E-state index contributed by atoms with van der Waals surface area (Å²) in [5.41, 5.74) is 1.47. The molecule has 3 heterocycles. The molecule has 1 fully saturated rings. The van der Waals surface area contributed by atoms with Crippen LogP contribution in [0.15, 0.2) is 77.0 Å². The quantitative estimate of drug-likeness (QED) is 0.344. The fourth-order valence-electron chi connectivity index (χ4n) is 3.76. The summed E-state index contributed by atoms with van der Waals surface area (Å²) < 4.78 is 11.7. The number of carbonyl (C=O) groups is 2. The minimum Gasteiger partial charge on any atom is -0.507 e. The first kappa shape index (κ1) is 19.3. The van der Waals surface area contributed by atoms with Crippen molar-refractivity contribution in [2.75, 3.05) is 11.7 Å². The van der Waals surface area contributed by atoms with Gasteiger partial charge in [-0.3, -0.25) is 19.5 Å². The molecule has 8 heteroatoms.